The van der Waals surface area contributed by atoms with E-state index in [1.54, 1.807) is 25.4 Å². The van der Waals surface area contributed by atoms with Gasteiger partial charge in [0.2, 0.25) is 0 Å². The Morgan fingerprint density at radius 2 is 1.95 bits per heavy atom. The van der Waals surface area contributed by atoms with E-state index in [-0.39, 0.29) is 11.7 Å². The number of alkyl halides is 3. The van der Waals surface area contributed by atoms with Crippen LogP contribution in [-0.4, -0.2) is 16.1 Å². The Bertz CT molecular complexity index is 603. The molecule has 3 nitrogen and oxygen atoms in total. The molecule has 6 heteroatoms. The molecule has 0 radical (unpaired) electrons. The summed E-state index contributed by atoms with van der Waals surface area (Å²) in [6.07, 6.45) is -1.54. The highest BCUT2D eigenvalue weighted by Gasteiger charge is 2.32. The fourth-order valence-corrected chi connectivity index (χ4v) is 1.91. The molecule has 0 amide bonds. The van der Waals surface area contributed by atoms with Crippen LogP contribution in [0.15, 0.2) is 30.6 Å². The van der Waals surface area contributed by atoms with Gasteiger partial charge in [-0.3, -0.25) is 4.68 Å². The van der Waals surface area contributed by atoms with E-state index in [4.69, 9.17) is 0 Å². The maximum Gasteiger partial charge on any atom is 0.573 e. The first-order chi connectivity index (χ1) is 9.26. The lowest BCUT2D eigenvalue weighted by molar-refractivity contribution is -0.274. The van der Waals surface area contributed by atoms with E-state index in [0.29, 0.717) is 11.1 Å². The van der Waals surface area contributed by atoms with E-state index in [0.717, 1.165) is 5.56 Å². The summed E-state index contributed by atoms with van der Waals surface area (Å²) in [7, 11) is 1.71. The minimum Gasteiger partial charge on any atom is -0.405 e. The van der Waals surface area contributed by atoms with Crippen molar-refractivity contribution >= 4 is 0 Å². The fraction of sp³-hybridized carbons (Fsp3) is 0.357. The summed E-state index contributed by atoms with van der Waals surface area (Å²) in [6.45, 7) is 3.96. The molecule has 108 valence electrons. The van der Waals surface area contributed by atoms with Crippen molar-refractivity contribution in [1.29, 1.82) is 0 Å². The van der Waals surface area contributed by atoms with E-state index in [1.165, 1.54) is 16.9 Å². The summed E-state index contributed by atoms with van der Waals surface area (Å²) in [5.41, 5.74) is 1.93. The standard InChI is InChI=1S/C14H15F3N2O/c1-9(2)10-4-5-13(20-14(15,16)17)12(6-10)11-7-18-19(3)8-11/h4-9H,1-3H3. The largest absolute Gasteiger partial charge is 0.573 e. The third-order valence-corrected chi connectivity index (χ3v) is 2.91. The van der Waals surface area contributed by atoms with Gasteiger partial charge in [0.1, 0.15) is 5.75 Å². The number of aryl methyl sites for hydroxylation is 1. The van der Waals surface area contributed by atoms with E-state index in [9.17, 15) is 13.2 Å². The molecular weight excluding hydrogens is 269 g/mol. The number of halogens is 3. The number of nitrogens with zero attached hydrogens (tertiary/aromatic N) is 2. The molecule has 0 saturated heterocycles. The Kier molecular flexibility index (Phi) is 3.74. The van der Waals surface area contributed by atoms with Gasteiger partial charge in [0, 0.05) is 24.4 Å². The zero-order valence-electron chi connectivity index (χ0n) is 11.4. The van der Waals surface area contributed by atoms with Crippen molar-refractivity contribution in [3.63, 3.8) is 0 Å². The molecule has 0 aliphatic rings. The van der Waals surface area contributed by atoms with Crippen LogP contribution >= 0.6 is 0 Å². The van der Waals surface area contributed by atoms with Crippen LogP contribution in [0.2, 0.25) is 0 Å². The minimum atomic E-state index is -4.71. The summed E-state index contributed by atoms with van der Waals surface area (Å²) in [5.74, 6) is 0.000239. The van der Waals surface area contributed by atoms with Crippen LogP contribution in [0.1, 0.15) is 25.3 Å². The average molecular weight is 284 g/mol. The molecule has 0 atom stereocenters. The number of hydrogen-bond donors (Lipinski definition) is 0. The second kappa shape index (κ2) is 5.19. The maximum absolute atomic E-state index is 12.5. The number of rotatable bonds is 3. The van der Waals surface area contributed by atoms with Gasteiger partial charge >= 0.3 is 6.36 Å². The van der Waals surface area contributed by atoms with E-state index in [1.807, 2.05) is 13.8 Å². The summed E-state index contributed by atoms with van der Waals surface area (Å²) in [5, 5.41) is 3.98. The lowest BCUT2D eigenvalue weighted by Crippen LogP contribution is -2.17. The van der Waals surface area contributed by atoms with Crippen LogP contribution < -0.4 is 4.74 Å². The van der Waals surface area contributed by atoms with Crippen LogP contribution in [0.5, 0.6) is 5.75 Å². The predicted molar refractivity (Wildman–Crippen MR) is 69.4 cm³/mol. The Balaban J connectivity index is 2.51. The van der Waals surface area contributed by atoms with Crippen molar-refractivity contribution in [2.24, 2.45) is 7.05 Å². The minimum absolute atomic E-state index is 0.213. The van der Waals surface area contributed by atoms with Gasteiger partial charge in [0.05, 0.1) is 6.20 Å². The van der Waals surface area contributed by atoms with Crippen LogP contribution in [0, 0.1) is 0 Å². The summed E-state index contributed by atoms with van der Waals surface area (Å²) >= 11 is 0. The summed E-state index contributed by atoms with van der Waals surface area (Å²) in [4.78, 5) is 0. The van der Waals surface area contributed by atoms with Gasteiger partial charge in [0.25, 0.3) is 0 Å². The molecule has 0 aliphatic carbocycles. The van der Waals surface area contributed by atoms with Gasteiger partial charge in [0.15, 0.2) is 0 Å². The predicted octanol–water partition coefficient (Wildman–Crippen LogP) is 4.11. The molecule has 0 unspecified atom stereocenters. The van der Waals surface area contributed by atoms with Crippen LogP contribution in [-0.2, 0) is 7.05 Å². The molecule has 20 heavy (non-hydrogen) atoms. The number of hydrogen-bond acceptors (Lipinski definition) is 2. The highest BCUT2D eigenvalue weighted by atomic mass is 19.4. The monoisotopic (exact) mass is 284 g/mol. The van der Waals surface area contributed by atoms with Crippen molar-refractivity contribution in [1.82, 2.24) is 9.78 Å². The van der Waals surface area contributed by atoms with Crippen molar-refractivity contribution < 1.29 is 17.9 Å². The van der Waals surface area contributed by atoms with E-state index < -0.39 is 6.36 Å². The molecule has 1 aromatic heterocycles. The zero-order valence-corrected chi connectivity index (χ0v) is 11.4. The van der Waals surface area contributed by atoms with Crippen molar-refractivity contribution in [3.05, 3.63) is 36.2 Å². The van der Waals surface area contributed by atoms with Gasteiger partial charge in [-0.05, 0) is 23.6 Å². The molecule has 1 aromatic carbocycles. The molecule has 0 N–H and O–H groups in total. The Hall–Kier alpha value is -1.98. The lowest BCUT2D eigenvalue weighted by atomic mass is 9.98. The third-order valence-electron chi connectivity index (χ3n) is 2.91. The second-order valence-electron chi connectivity index (χ2n) is 4.86. The highest BCUT2D eigenvalue weighted by Crippen LogP contribution is 2.35. The third kappa shape index (κ3) is 3.31. The van der Waals surface area contributed by atoms with Gasteiger partial charge in [-0.1, -0.05) is 19.9 Å². The van der Waals surface area contributed by atoms with Crippen molar-refractivity contribution in [2.75, 3.05) is 0 Å². The Morgan fingerprint density at radius 3 is 2.45 bits per heavy atom. The maximum atomic E-state index is 12.5. The van der Waals surface area contributed by atoms with Gasteiger partial charge in [-0.15, -0.1) is 13.2 Å². The second-order valence-corrected chi connectivity index (χ2v) is 4.86. The lowest BCUT2D eigenvalue weighted by Gasteiger charge is -2.15. The van der Waals surface area contributed by atoms with Crippen LogP contribution in [0.4, 0.5) is 13.2 Å². The normalized spacial score (nSPS) is 11.9. The van der Waals surface area contributed by atoms with Gasteiger partial charge in [-0.25, -0.2) is 0 Å². The zero-order chi connectivity index (χ0) is 14.9. The smallest absolute Gasteiger partial charge is 0.405 e. The summed E-state index contributed by atoms with van der Waals surface area (Å²) < 4.78 is 43.0. The quantitative estimate of drug-likeness (QED) is 0.848. The van der Waals surface area contributed by atoms with Gasteiger partial charge in [-0.2, -0.15) is 5.10 Å². The molecule has 0 fully saturated rings. The number of benzene rings is 1. The molecule has 2 aromatic rings. The molecule has 1 heterocycles. The van der Waals surface area contributed by atoms with Crippen molar-refractivity contribution in [2.45, 2.75) is 26.1 Å². The Labute approximate surface area is 115 Å². The molecular formula is C14H15F3N2O. The highest BCUT2D eigenvalue weighted by molar-refractivity contribution is 5.70. The number of ether oxygens (including phenoxy) is 1. The Morgan fingerprint density at radius 1 is 1.25 bits per heavy atom. The SMILES string of the molecule is CC(C)c1ccc(OC(F)(F)F)c(-c2cnn(C)c2)c1. The van der Waals surface area contributed by atoms with E-state index in [2.05, 4.69) is 9.84 Å². The number of aromatic nitrogens is 2. The molecule has 2 rings (SSSR count). The average Bonchev–Trinajstić information content (AvgIpc) is 2.74. The van der Waals surface area contributed by atoms with Crippen LogP contribution in [0.3, 0.4) is 0 Å². The summed E-state index contributed by atoms with van der Waals surface area (Å²) in [6, 6.07) is 4.71. The topological polar surface area (TPSA) is 27.1 Å². The van der Waals surface area contributed by atoms with E-state index >= 15 is 0 Å². The first-order valence-electron chi connectivity index (χ1n) is 6.15. The molecule has 0 bridgehead atoms. The van der Waals surface area contributed by atoms with Crippen molar-refractivity contribution in [3.8, 4) is 16.9 Å². The first-order valence-corrected chi connectivity index (χ1v) is 6.15. The fourth-order valence-electron chi connectivity index (χ4n) is 1.91. The van der Waals surface area contributed by atoms with Crippen LogP contribution in [0.25, 0.3) is 11.1 Å². The molecule has 0 saturated carbocycles. The van der Waals surface area contributed by atoms with Gasteiger partial charge < -0.3 is 4.74 Å². The molecule has 0 spiro atoms. The first kappa shape index (κ1) is 14.4. The molecule has 0 aliphatic heterocycles.